The van der Waals surface area contributed by atoms with Crippen molar-refractivity contribution in [2.24, 2.45) is 0 Å². The summed E-state index contributed by atoms with van der Waals surface area (Å²) in [7, 11) is 0. The normalized spacial score (nSPS) is 10.8. The molecule has 0 unspecified atom stereocenters. The fourth-order valence-electron chi connectivity index (χ4n) is 2.09. The molecular weight excluding hydrogens is 358 g/mol. The van der Waals surface area contributed by atoms with E-state index in [9.17, 15) is 18.4 Å². The third-order valence-corrected chi connectivity index (χ3v) is 4.91. The van der Waals surface area contributed by atoms with Crippen molar-refractivity contribution >= 4 is 44.8 Å². The molecule has 3 aromatic rings. The molecule has 0 fully saturated rings. The number of hydrogen-bond acceptors (Lipinski definition) is 4. The van der Waals surface area contributed by atoms with Crippen LogP contribution >= 0.6 is 22.9 Å². The Balaban J connectivity index is 1.74. The van der Waals surface area contributed by atoms with Crippen molar-refractivity contribution in [2.75, 3.05) is 6.61 Å². The molecule has 0 N–H and O–H groups in total. The lowest BCUT2D eigenvalue weighted by atomic mass is 10.1. The molecule has 3 rings (SSSR count). The van der Waals surface area contributed by atoms with Gasteiger partial charge in [-0.1, -0.05) is 11.6 Å². The fourth-order valence-corrected chi connectivity index (χ4v) is 3.51. The van der Waals surface area contributed by atoms with Gasteiger partial charge in [0.05, 0.1) is 5.02 Å². The number of Topliss-reactive ketones (excluding diaryl/α,β-unsaturated/α-hetero) is 1. The minimum Gasteiger partial charge on any atom is -0.453 e. The first-order valence-corrected chi connectivity index (χ1v) is 7.98. The van der Waals surface area contributed by atoms with Crippen molar-refractivity contribution in [3.8, 4) is 0 Å². The Morgan fingerprint density at radius 3 is 2.42 bits per heavy atom. The number of fused-ring (bicyclic) bond motifs is 1. The molecule has 0 aliphatic rings. The SMILES string of the molecule is O=C(COC(=O)c1sc2cc(F)ccc2c1Cl)c1ccc(F)cc1. The van der Waals surface area contributed by atoms with E-state index in [0.29, 0.717) is 10.1 Å². The van der Waals surface area contributed by atoms with Crippen LogP contribution in [0.3, 0.4) is 0 Å². The van der Waals surface area contributed by atoms with Crippen LogP contribution in [-0.4, -0.2) is 18.4 Å². The first-order valence-electron chi connectivity index (χ1n) is 6.79. The van der Waals surface area contributed by atoms with E-state index in [2.05, 4.69) is 0 Å². The number of halogens is 3. The maximum atomic E-state index is 13.2. The summed E-state index contributed by atoms with van der Waals surface area (Å²) >= 11 is 7.10. The summed E-state index contributed by atoms with van der Waals surface area (Å²) in [5.41, 5.74) is 0.230. The van der Waals surface area contributed by atoms with E-state index in [4.69, 9.17) is 16.3 Å². The predicted octanol–water partition coefficient (Wildman–Crippen LogP) is 4.87. The number of esters is 1. The maximum Gasteiger partial charge on any atom is 0.350 e. The molecule has 3 nitrogen and oxygen atoms in total. The van der Waals surface area contributed by atoms with Crippen LogP contribution < -0.4 is 0 Å². The summed E-state index contributed by atoms with van der Waals surface area (Å²) in [6.45, 7) is -0.497. The molecular formula is C17H9ClF2O3S. The second kappa shape index (κ2) is 6.67. The van der Waals surface area contributed by atoms with Crippen molar-refractivity contribution < 1.29 is 23.1 Å². The maximum absolute atomic E-state index is 13.2. The molecule has 2 aromatic carbocycles. The third kappa shape index (κ3) is 3.29. The lowest BCUT2D eigenvalue weighted by molar-refractivity contribution is 0.0480. The van der Waals surface area contributed by atoms with Crippen LogP contribution in [0.1, 0.15) is 20.0 Å². The van der Waals surface area contributed by atoms with Crippen LogP contribution in [0.4, 0.5) is 8.78 Å². The summed E-state index contributed by atoms with van der Waals surface area (Å²) < 4.78 is 31.5. The van der Waals surface area contributed by atoms with E-state index in [1.807, 2.05) is 0 Å². The molecule has 0 aliphatic heterocycles. The van der Waals surface area contributed by atoms with Crippen LogP contribution in [0.2, 0.25) is 5.02 Å². The number of ether oxygens (including phenoxy) is 1. The van der Waals surface area contributed by atoms with Gasteiger partial charge in [0.2, 0.25) is 0 Å². The van der Waals surface area contributed by atoms with Crippen LogP contribution in [0.15, 0.2) is 42.5 Å². The van der Waals surface area contributed by atoms with Crippen molar-refractivity contribution in [1.82, 2.24) is 0 Å². The summed E-state index contributed by atoms with van der Waals surface area (Å²) in [6, 6.07) is 8.89. The second-order valence-corrected chi connectivity index (χ2v) is 6.32. The van der Waals surface area contributed by atoms with E-state index in [1.165, 1.54) is 30.3 Å². The molecule has 7 heteroatoms. The zero-order chi connectivity index (χ0) is 17.3. The lowest BCUT2D eigenvalue weighted by Crippen LogP contribution is -2.13. The average Bonchev–Trinajstić information content (AvgIpc) is 2.89. The van der Waals surface area contributed by atoms with Crippen LogP contribution in [-0.2, 0) is 4.74 Å². The Kier molecular flexibility index (Phi) is 4.59. The molecule has 0 saturated carbocycles. The zero-order valence-corrected chi connectivity index (χ0v) is 13.6. The summed E-state index contributed by atoms with van der Waals surface area (Å²) in [5, 5.41) is 0.703. The molecule has 0 bridgehead atoms. The molecule has 1 aromatic heterocycles. The topological polar surface area (TPSA) is 43.4 Å². The van der Waals surface area contributed by atoms with Gasteiger partial charge in [-0.05, 0) is 42.5 Å². The first kappa shape index (κ1) is 16.5. The van der Waals surface area contributed by atoms with Crippen LogP contribution in [0.25, 0.3) is 10.1 Å². The van der Waals surface area contributed by atoms with Crippen molar-refractivity contribution in [1.29, 1.82) is 0 Å². The molecule has 24 heavy (non-hydrogen) atoms. The van der Waals surface area contributed by atoms with Gasteiger partial charge in [-0.25, -0.2) is 13.6 Å². The number of carbonyl (C=O) groups is 2. The van der Waals surface area contributed by atoms with E-state index in [1.54, 1.807) is 0 Å². The van der Waals surface area contributed by atoms with Gasteiger partial charge in [0.15, 0.2) is 12.4 Å². The Labute approximate surface area is 144 Å². The minimum atomic E-state index is -0.767. The molecule has 0 amide bonds. The molecule has 0 spiro atoms. The Hall–Kier alpha value is -2.31. The molecule has 122 valence electrons. The largest absolute Gasteiger partial charge is 0.453 e. The van der Waals surface area contributed by atoms with Gasteiger partial charge < -0.3 is 4.74 Å². The third-order valence-electron chi connectivity index (χ3n) is 3.28. The van der Waals surface area contributed by atoms with Gasteiger partial charge >= 0.3 is 5.97 Å². The van der Waals surface area contributed by atoms with Gasteiger partial charge in [-0.3, -0.25) is 4.79 Å². The fraction of sp³-hybridized carbons (Fsp3) is 0.0588. The number of hydrogen-bond donors (Lipinski definition) is 0. The summed E-state index contributed by atoms with van der Waals surface area (Å²) in [6.07, 6.45) is 0. The first-order chi connectivity index (χ1) is 11.5. The second-order valence-electron chi connectivity index (χ2n) is 4.89. The highest BCUT2D eigenvalue weighted by atomic mass is 35.5. The number of carbonyl (C=O) groups excluding carboxylic acids is 2. The van der Waals surface area contributed by atoms with Gasteiger partial charge in [0.1, 0.15) is 16.5 Å². The highest BCUT2D eigenvalue weighted by molar-refractivity contribution is 7.21. The van der Waals surface area contributed by atoms with Crippen LogP contribution in [0, 0.1) is 11.6 Å². The molecule has 0 saturated heterocycles. The lowest BCUT2D eigenvalue weighted by Gasteiger charge is -2.03. The summed E-state index contributed by atoms with van der Waals surface area (Å²) in [4.78, 5) is 24.1. The Morgan fingerprint density at radius 1 is 1.04 bits per heavy atom. The summed E-state index contributed by atoms with van der Waals surface area (Å²) in [5.74, 6) is -2.14. The van der Waals surface area contributed by atoms with E-state index >= 15 is 0 Å². The van der Waals surface area contributed by atoms with E-state index in [0.717, 1.165) is 23.5 Å². The minimum absolute atomic E-state index is 0.101. The standard InChI is InChI=1S/C17H9ClF2O3S/c18-15-12-6-5-11(20)7-14(12)24-16(15)17(22)23-8-13(21)9-1-3-10(19)4-2-9/h1-7H,8H2. The number of benzene rings is 2. The number of thiophene rings is 1. The predicted molar refractivity (Wildman–Crippen MR) is 87.8 cm³/mol. The molecule has 0 atom stereocenters. The zero-order valence-electron chi connectivity index (χ0n) is 12.0. The molecule has 1 heterocycles. The van der Waals surface area contributed by atoms with Gasteiger partial charge in [-0.15, -0.1) is 11.3 Å². The smallest absolute Gasteiger partial charge is 0.350 e. The quantitative estimate of drug-likeness (QED) is 0.488. The Morgan fingerprint density at radius 2 is 1.71 bits per heavy atom. The highest BCUT2D eigenvalue weighted by Gasteiger charge is 2.20. The monoisotopic (exact) mass is 366 g/mol. The van der Waals surface area contributed by atoms with Crippen LogP contribution in [0.5, 0.6) is 0 Å². The van der Waals surface area contributed by atoms with E-state index in [-0.39, 0.29) is 15.5 Å². The molecule has 0 aliphatic carbocycles. The van der Waals surface area contributed by atoms with Crippen molar-refractivity contribution in [3.05, 3.63) is 69.6 Å². The Bertz CT molecular complexity index is 935. The number of rotatable bonds is 4. The molecule has 0 radical (unpaired) electrons. The number of ketones is 1. The van der Waals surface area contributed by atoms with E-state index < -0.39 is 30.0 Å². The average molecular weight is 367 g/mol. The van der Waals surface area contributed by atoms with Gasteiger partial charge in [0, 0.05) is 15.6 Å². The van der Waals surface area contributed by atoms with Gasteiger partial charge in [0.25, 0.3) is 0 Å². The highest BCUT2D eigenvalue weighted by Crippen LogP contribution is 2.36. The van der Waals surface area contributed by atoms with Crippen molar-refractivity contribution in [3.63, 3.8) is 0 Å². The van der Waals surface area contributed by atoms with Crippen molar-refractivity contribution in [2.45, 2.75) is 0 Å². The van der Waals surface area contributed by atoms with Gasteiger partial charge in [-0.2, -0.15) is 0 Å².